The minimum Gasteiger partial charge on any atom is -0.493 e. The van der Waals surface area contributed by atoms with E-state index in [0.29, 0.717) is 28.6 Å². The Kier molecular flexibility index (Phi) is 3.63. The van der Waals surface area contributed by atoms with Gasteiger partial charge in [0.1, 0.15) is 0 Å². The zero-order valence-electron chi connectivity index (χ0n) is 9.44. The van der Waals surface area contributed by atoms with E-state index in [4.69, 9.17) is 13.9 Å². The summed E-state index contributed by atoms with van der Waals surface area (Å²) in [4.78, 5) is 0.382. The van der Waals surface area contributed by atoms with Crippen molar-refractivity contribution in [2.75, 3.05) is 14.2 Å². The smallest absolute Gasteiger partial charge is 0.284 e. The first-order valence-corrected chi connectivity index (χ1v) is 5.71. The lowest BCUT2D eigenvalue weighted by atomic mass is 10.1. The Labute approximate surface area is 107 Å². The van der Waals surface area contributed by atoms with Crippen molar-refractivity contribution < 1.29 is 13.9 Å². The van der Waals surface area contributed by atoms with E-state index in [1.54, 1.807) is 14.2 Å². The molecular weight excluding hydrogens is 288 g/mol. The van der Waals surface area contributed by atoms with Crippen LogP contribution in [-0.2, 0) is 6.42 Å². The van der Waals surface area contributed by atoms with E-state index >= 15 is 0 Å². The first kappa shape index (κ1) is 11.9. The summed E-state index contributed by atoms with van der Waals surface area (Å²) >= 11 is 3.11. The highest BCUT2D eigenvalue weighted by Crippen LogP contribution is 2.28. The van der Waals surface area contributed by atoms with Crippen LogP contribution >= 0.6 is 15.9 Å². The molecule has 2 aromatic rings. The summed E-state index contributed by atoms with van der Waals surface area (Å²) in [6.07, 6.45) is 0.555. The van der Waals surface area contributed by atoms with Crippen molar-refractivity contribution in [3.05, 3.63) is 34.5 Å². The number of aromatic nitrogens is 2. The van der Waals surface area contributed by atoms with Gasteiger partial charge in [-0.2, -0.15) is 0 Å². The predicted octanol–water partition coefficient (Wildman–Crippen LogP) is 2.44. The molecule has 0 unspecified atom stereocenters. The van der Waals surface area contributed by atoms with Crippen LogP contribution in [0.4, 0.5) is 0 Å². The lowest BCUT2D eigenvalue weighted by Gasteiger charge is -2.08. The first-order chi connectivity index (χ1) is 8.22. The van der Waals surface area contributed by atoms with Crippen LogP contribution < -0.4 is 9.47 Å². The normalized spacial score (nSPS) is 10.3. The Morgan fingerprint density at radius 3 is 2.53 bits per heavy atom. The van der Waals surface area contributed by atoms with Crippen LogP contribution in [0.3, 0.4) is 0 Å². The molecule has 0 saturated carbocycles. The number of hydrogen-bond donors (Lipinski definition) is 0. The summed E-state index contributed by atoms with van der Waals surface area (Å²) in [7, 11) is 3.21. The molecule has 0 amide bonds. The molecule has 6 heteroatoms. The van der Waals surface area contributed by atoms with E-state index in [2.05, 4.69) is 26.1 Å². The Hall–Kier alpha value is -1.56. The van der Waals surface area contributed by atoms with Crippen LogP contribution in [0.15, 0.2) is 27.4 Å². The van der Waals surface area contributed by atoms with Crippen molar-refractivity contribution in [1.82, 2.24) is 10.2 Å². The fourth-order valence-electron chi connectivity index (χ4n) is 1.47. The van der Waals surface area contributed by atoms with E-state index in [-0.39, 0.29) is 0 Å². The van der Waals surface area contributed by atoms with Crippen molar-refractivity contribution in [2.45, 2.75) is 6.42 Å². The minimum absolute atomic E-state index is 0.382. The van der Waals surface area contributed by atoms with Gasteiger partial charge in [0.2, 0.25) is 5.89 Å². The van der Waals surface area contributed by atoms with E-state index in [1.165, 1.54) is 0 Å². The molecule has 0 spiro atoms. The molecule has 0 aliphatic heterocycles. The number of rotatable bonds is 4. The SMILES string of the molecule is COc1ccc(Cc2nnc(Br)o2)cc1OC. The Balaban J connectivity index is 2.22. The average Bonchev–Trinajstić information content (AvgIpc) is 2.74. The second-order valence-electron chi connectivity index (χ2n) is 3.31. The van der Waals surface area contributed by atoms with Gasteiger partial charge >= 0.3 is 0 Å². The van der Waals surface area contributed by atoms with Gasteiger partial charge in [-0.15, -0.1) is 10.2 Å². The summed E-state index contributed by atoms with van der Waals surface area (Å²) in [6, 6.07) is 5.66. The Bertz CT molecular complexity index is 513. The number of nitrogens with zero attached hydrogens (tertiary/aromatic N) is 2. The summed E-state index contributed by atoms with van der Waals surface area (Å²) in [5.41, 5.74) is 1.01. The topological polar surface area (TPSA) is 57.4 Å². The van der Waals surface area contributed by atoms with Crippen LogP contribution in [0.25, 0.3) is 0 Å². The molecule has 1 aromatic heterocycles. The van der Waals surface area contributed by atoms with Crippen LogP contribution in [0.5, 0.6) is 11.5 Å². The fourth-order valence-corrected chi connectivity index (χ4v) is 1.74. The van der Waals surface area contributed by atoms with Gasteiger partial charge in [-0.25, -0.2) is 0 Å². The molecule has 0 atom stereocenters. The van der Waals surface area contributed by atoms with Crippen LogP contribution in [0, 0.1) is 0 Å². The second kappa shape index (κ2) is 5.18. The van der Waals surface area contributed by atoms with Gasteiger partial charge in [0.15, 0.2) is 11.5 Å². The van der Waals surface area contributed by atoms with Gasteiger partial charge in [-0.05, 0) is 17.7 Å². The van der Waals surface area contributed by atoms with Crippen LogP contribution in [0.2, 0.25) is 0 Å². The minimum atomic E-state index is 0.382. The molecule has 1 aromatic carbocycles. The van der Waals surface area contributed by atoms with E-state index in [0.717, 1.165) is 5.56 Å². The zero-order chi connectivity index (χ0) is 12.3. The van der Waals surface area contributed by atoms with Gasteiger partial charge in [-0.3, -0.25) is 0 Å². The molecule has 0 fully saturated rings. The summed E-state index contributed by atoms with van der Waals surface area (Å²) in [5.74, 6) is 1.93. The third-order valence-electron chi connectivity index (χ3n) is 2.25. The van der Waals surface area contributed by atoms with Crippen molar-refractivity contribution in [2.24, 2.45) is 0 Å². The summed E-state index contributed by atoms with van der Waals surface area (Å²) < 4.78 is 15.6. The van der Waals surface area contributed by atoms with E-state index in [1.807, 2.05) is 18.2 Å². The largest absolute Gasteiger partial charge is 0.493 e. The summed E-state index contributed by atoms with van der Waals surface area (Å²) in [6.45, 7) is 0. The lowest BCUT2D eigenvalue weighted by molar-refractivity contribution is 0.354. The van der Waals surface area contributed by atoms with Crippen molar-refractivity contribution in [3.8, 4) is 11.5 Å². The molecule has 1 heterocycles. The molecule has 5 nitrogen and oxygen atoms in total. The van der Waals surface area contributed by atoms with Crippen LogP contribution in [0.1, 0.15) is 11.5 Å². The summed E-state index contributed by atoms with van der Waals surface area (Å²) in [5, 5.41) is 7.61. The average molecular weight is 299 g/mol. The second-order valence-corrected chi connectivity index (χ2v) is 3.99. The standard InChI is InChI=1S/C11H11BrN2O3/c1-15-8-4-3-7(5-9(8)16-2)6-10-13-14-11(12)17-10/h3-5H,6H2,1-2H3. The van der Waals surface area contributed by atoms with Gasteiger partial charge in [0.05, 0.1) is 20.6 Å². The lowest BCUT2D eigenvalue weighted by Crippen LogP contribution is -1.94. The first-order valence-electron chi connectivity index (χ1n) is 4.91. The molecule has 0 aliphatic carbocycles. The molecule has 0 aliphatic rings. The molecule has 90 valence electrons. The molecule has 0 N–H and O–H groups in total. The highest BCUT2D eigenvalue weighted by Gasteiger charge is 2.08. The molecule has 2 rings (SSSR count). The number of benzene rings is 1. The van der Waals surface area contributed by atoms with E-state index < -0.39 is 0 Å². The van der Waals surface area contributed by atoms with Gasteiger partial charge in [0, 0.05) is 15.9 Å². The maximum absolute atomic E-state index is 5.24. The highest BCUT2D eigenvalue weighted by molar-refractivity contribution is 9.10. The fraction of sp³-hybridized carbons (Fsp3) is 0.273. The highest BCUT2D eigenvalue weighted by atomic mass is 79.9. The number of hydrogen-bond acceptors (Lipinski definition) is 5. The maximum Gasteiger partial charge on any atom is 0.284 e. The number of ether oxygens (including phenoxy) is 2. The third-order valence-corrected chi connectivity index (χ3v) is 2.57. The van der Waals surface area contributed by atoms with Gasteiger partial charge in [0.25, 0.3) is 4.80 Å². The quantitative estimate of drug-likeness (QED) is 0.868. The van der Waals surface area contributed by atoms with Crippen molar-refractivity contribution >= 4 is 15.9 Å². The Morgan fingerprint density at radius 2 is 1.94 bits per heavy atom. The third kappa shape index (κ3) is 2.76. The molecule has 0 saturated heterocycles. The molecular formula is C11H11BrN2O3. The predicted molar refractivity (Wildman–Crippen MR) is 64.4 cm³/mol. The van der Waals surface area contributed by atoms with Gasteiger partial charge in [-0.1, -0.05) is 6.07 Å². The molecule has 17 heavy (non-hydrogen) atoms. The van der Waals surface area contributed by atoms with Crippen molar-refractivity contribution in [3.63, 3.8) is 0 Å². The van der Waals surface area contributed by atoms with Gasteiger partial charge < -0.3 is 13.9 Å². The maximum atomic E-state index is 5.24. The van der Waals surface area contributed by atoms with Crippen LogP contribution in [-0.4, -0.2) is 24.4 Å². The number of methoxy groups -OCH3 is 2. The van der Waals surface area contributed by atoms with E-state index in [9.17, 15) is 0 Å². The Morgan fingerprint density at radius 1 is 1.18 bits per heavy atom. The number of halogens is 1. The molecule has 0 radical (unpaired) electrons. The van der Waals surface area contributed by atoms with Crippen molar-refractivity contribution in [1.29, 1.82) is 0 Å². The monoisotopic (exact) mass is 298 g/mol. The molecule has 0 bridgehead atoms. The zero-order valence-corrected chi connectivity index (χ0v) is 11.0.